The number of rotatable bonds is 6. The Morgan fingerprint density at radius 3 is 2.40 bits per heavy atom. The van der Waals surface area contributed by atoms with Crippen molar-refractivity contribution < 1.29 is 19.1 Å². The molecule has 1 aliphatic heterocycles. The van der Waals surface area contributed by atoms with Crippen molar-refractivity contribution in [3.8, 4) is 5.75 Å². The first-order valence-electron chi connectivity index (χ1n) is 9.69. The zero-order valence-electron chi connectivity index (χ0n) is 17.3. The second-order valence-corrected chi connectivity index (χ2v) is 7.23. The summed E-state index contributed by atoms with van der Waals surface area (Å²) < 4.78 is 5.10. The zero-order valence-corrected chi connectivity index (χ0v) is 17.3. The second kappa shape index (κ2) is 9.30. The van der Waals surface area contributed by atoms with Crippen LogP contribution in [0.1, 0.15) is 16.8 Å². The molecule has 2 N–H and O–H groups in total. The summed E-state index contributed by atoms with van der Waals surface area (Å²) >= 11 is 0. The molecule has 2 aromatic carbocycles. The van der Waals surface area contributed by atoms with Gasteiger partial charge in [-0.1, -0.05) is 0 Å². The molecule has 1 fully saturated rings. The number of hydrogen-bond acceptors (Lipinski definition) is 5. The molecule has 0 unspecified atom stereocenters. The Kier molecular flexibility index (Phi) is 6.56. The van der Waals surface area contributed by atoms with E-state index in [-0.39, 0.29) is 24.1 Å². The van der Waals surface area contributed by atoms with E-state index in [9.17, 15) is 14.4 Å². The summed E-state index contributed by atoms with van der Waals surface area (Å²) in [5.41, 5.74) is 2.04. The van der Waals surface area contributed by atoms with Crippen LogP contribution in [0.25, 0.3) is 0 Å². The lowest BCUT2D eigenvalue weighted by Gasteiger charge is -2.34. The van der Waals surface area contributed by atoms with E-state index in [1.165, 1.54) is 4.90 Å². The van der Waals surface area contributed by atoms with Crippen molar-refractivity contribution in [3.05, 3.63) is 54.1 Å². The third-order valence-corrected chi connectivity index (χ3v) is 4.97. The molecular weight excluding hydrogens is 384 g/mol. The fourth-order valence-corrected chi connectivity index (χ4v) is 3.29. The largest absolute Gasteiger partial charge is 0.497 e. The van der Waals surface area contributed by atoms with Gasteiger partial charge in [-0.2, -0.15) is 0 Å². The van der Waals surface area contributed by atoms with Gasteiger partial charge in [0.2, 0.25) is 11.8 Å². The maximum Gasteiger partial charge on any atom is 0.254 e. The minimum absolute atomic E-state index is 0.126. The monoisotopic (exact) mass is 410 g/mol. The third kappa shape index (κ3) is 4.89. The molecule has 1 heterocycles. The highest BCUT2D eigenvalue weighted by atomic mass is 16.5. The lowest BCUT2D eigenvalue weighted by atomic mass is 10.1. The topological polar surface area (TPSA) is 91.0 Å². The van der Waals surface area contributed by atoms with Gasteiger partial charge in [0.1, 0.15) is 11.8 Å². The van der Waals surface area contributed by atoms with Gasteiger partial charge in [0.15, 0.2) is 0 Å². The van der Waals surface area contributed by atoms with Gasteiger partial charge in [-0.05, 0) is 48.5 Å². The first kappa shape index (κ1) is 21.2. The van der Waals surface area contributed by atoms with Crippen LogP contribution in [-0.2, 0) is 9.59 Å². The van der Waals surface area contributed by atoms with Crippen molar-refractivity contribution in [1.29, 1.82) is 0 Å². The number of nitrogens with zero attached hydrogens (tertiary/aromatic N) is 2. The number of amides is 3. The fraction of sp³-hybridized carbons (Fsp3) is 0.318. The van der Waals surface area contributed by atoms with E-state index in [2.05, 4.69) is 10.6 Å². The van der Waals surface area contributed by atoms with Crippen LogP contribution < -0.4 is 20.3 Å². The van der Waals surface area contributed by atoms with Crippen LogP contribution in [-0.4, -0.2) is 63.0 Å². The SMILES string of the molecule is COc1ccc(NC(=O)C[C@H]2C(=O)NCCN2C(=O)c2ccc(N(C)C)cc2)cc1. The number of ether oxygens (including phenoxy) is 1. The summed E-state index contributed by atoms with van der Waals surface area (Å²) in [5, 5.41) is 5.50. The normalized spacial score (nSPS) is 15.9. The molecule has 3 amide bonds. The van der Waals surface area contributed by atoms with E-state index in [0.717, 1.165) is 5.69 Å². The van der Waals surface area contributed by atoms with E-state index >= 15 is 0 Å². The van der Waals surface area contributed by atoms with Crippen LogP contribution >= 0.6 is 0 Å². The standard InChI is InChI=1S/C22H26N4O4/c1-25(2)17-8-4-15(5-9-17)22(29)26-13-12-23-21(28)19(26)14-20(27)24-16-6-10-18(30-3)11-7-16/h4-11,19H,12-14H2,1-3H3,(H,23,28)(H,24,27)/t19-/m0/s1. The van der Waals surface area contributed by atoms with Gasteiger partial charge in [0.05, 0.1) is 13.5 Å². The Morgan fingerprint density at radius 1 is 1.13 bits per heavy atom. The molecule has 8 nitrogen and oxygen atoms in total. The van der Waals surface area contributed by atoms with Gasteiger partial charge in [0.25, 0.3) is 5.91 Å². The van der Waals surface area contributed by atoms with E-state index in [4.69, 9.17) is 4.74 Å². The van der Waals surface area contributed by atoms with Crippen LogP contribution in [0.4, 0.5) is 11.4 Å². The van der Waals surface area contributed by atoms with Crippen LogP contribution in [0.3, 0.4) is 0 Å². The minimum Gasteiger partial charge on any atom is -0.497 e. The Balaban J connectivity index is 1.71. The minimum atomic E-state index is -0.863. The lowest BCUT2D eigenvalue weighted by Crippen LogP contribution is -2.58. The van der Waals surface area contributed by atoms with Gasteiger partial charge in [0, 0.05) is 44.1 Å². The molecule has 0 radical (unpaired) electrons. The summed E-state index contributed by atoms with van der Waals surface area (Å²) in [6.07, 6.45) is -0.126. The molecule has 0 bridgehead atoms. The number of carbonyl (C=O) groups excluding carboxylic acids is 3. The van der Waals surface area contributed by atoms with Crippen LogP contribution in [0.5, 0.6) is 5.75 Å². The molecule has 1 atom stereocenters. The maximum absolute atomic E-state index is 13.0. The predicted octanol–water partition coefficient (Wildman–Crippen LogP) is 1.73. The van der Waals surface area contributed by atoms with Crippen molar-refractivity contribution in [1.82, 2.24) is 10.2 Å². The number of piperazine rings is 1. The molecule has 0 aliphatic carbocycles. The quantitative estimate of drug-likeness (QED) is 0.757. The number of hydrogen-bond donors (Lipinski definition) is 2. The molecule has 30 heavy (non-hydrogen) atoms. The molecule has 3 rings (SSSR count). The summed E-state index contributed by atoms with van der Waals surface area (Å²) in [6, 6.07) is 13.2. The molecule has 8 heteroatoms. The molecule has 0 aromatic heterocycles. The van der Waals surface area contributed by atoms with E-state index in [1.807, 2.05) is 31.1 Å². The van der Waals surface area contributed by atoms with Crippen LogP contribution in [0.15, 0.2) is 48.5 Å². The number of anilines is 2. The number of nitrogens with one attached hydrogen (secondary N) is 2. The molecular formula is C22H26N4O4. The maximum atomic E-state index is 13.0. The van der Waals surface area contributed by atoms with E-state index in [1.54, 1.807) is 43.5 Å². The van der Waals surface area contributed by atoms with Gasteiger partial charge in [-0.25, -0.2) is 0 Å². The van der Waals surface area contributed by atoms with Gasteiger partial charge in [-0.15, -0.1) is 0 Å². The van der Waals surface area contributed by atoms with E-state index < -0.39 is 6.04 Å². The van der Waals surface area contributed by atoms with Crippen molar-refractivity contribution in [2.24, 2.45) is 0 Å². The average molecular weight is 410 g/mol. The number of methoxy groups -OCH3 is 1. The van der Waals surface area contributed by atoms with Gasteiger partial charge < -0.3 is 25.2 Å². The zero-order chi connectivity index (χ0) is 21.7. The first-order chi connectivity index (χ1) is 14.4. The third-order valence-electron chi connectivity index (χ3n) is 4.97. The van der Waals surface area contributed by atoms with Crippen LogP contribution in [0.2, 0.25) is 0 Å². The summed E-state index contributed by atoms with van der Waals surface area (Å²) in [7, 11) is 5.40. The lowest BCUT2D eigenvalue weighted by molar-refractivity contribution is -0.131. The summed E-state index contributed by atoms with van der Waals surface area (Å²) in [4.78, 5) is 41.4. The predicted molar refractivity (Wildman–Crippen MR) is 115 cm³/mol. The molecule has 158 valence electrons. The summed E-state index contributed by atoms with van der Waals surface area (Å²) in [6.45, 7) is 0.706. The van der Waals surface area contributed by atoms with Crippen molar-refractivity contribution in [3.63, 3.8) is 0 Å². The summed E-state index contributed by atoms with van der Waals surface area (Å²) in [5.74, 6) is -0.263. The van der Waals surface area contributed by atoms with Crippen LogP contribution in [0, 0.1) is 0 Å². The molecule has 1 aliphatic rings. The van der Waals surface area contributed by atoms with Gasteiger partial charge >= 0.3 is 0 Å². The first-order valence-corrected chi connectivity index (χ1v) is 9.69. The Labute approximate surface area is 175 Å². The smallest absolute Gasteiger partial charge is 0.254 e. The molecule has 0 spiro atoms. The fourth-order valence-electron chi connectivity index (χ4n) is 3.29. The number of benzene rings is 2. The highest BCUT2D eigenvalue weighted by molar-refractivity contribution is 6.01. The average Bonchev–Trinajstić information content (AvgIpc) is 2.75. The second-order valence-electron chi connectivity index (χ2n) is 7.23. The Morgan fingerprint density at radius 2 is 1.80 bits per heavy atom. The van der Waals surface area contributed by atoms with E-state index in [0.29, 0.717) is 30.1 Å². The number of carbonyl (C=O) groups is 3. The highest BCUT2D eigenvalue weighted by Gasteiger charge is 2.35. The molecule has 2 aromatic rings. The van der Waals surface area contributed by atoms with Gasteiger partial charge in [-0.3, -0.25) is 14.4 Å². The Bertz CT molecular complexity index is 910. The molecule has 0 saturated carbocycles. The van der Waals surface area contributed by atoms with Crippen molar-refractivity contribution >= 4 is 29.1 Å². The van der Waals surface area contributed by atoms with Crippen molar-refractivity contribution in [2.45, 2.75) is 12.5 Å². The molecule has 1 saturated heterocycles. The highest BCUT2D eigenvalue weighted by Crippen LogP contribution is 2.19. The Hall–Kier alpha value is -3.55. The van der Waals surface area contributed by atoms with Crippen molar-refractivity contribution in [2.75, 3.05) is 44.5 Å².